The molecule has 1 aliphatic carbocycles. The number of hydrogen-bond acceptors (Lipinski definition) is 6. The Morgan fingerprint density at radius 3 is 2.64 bits per heavy atom. The third kappa shape index (κ3) is 5.18. The van der Waals surface area contributed by atoms with E-state index in [0.29, 0.717) is 19.1 Å². The summed E-state index contributed by atoms with van der Waals surface area (Å²) >= 11 is 0. The smallest absolute Gasteiger partial charge is 0.252 e. The molecule has 2 aromatic heterocycles. The highest BCUT2D eigenvalue weighted by atomic mass is 16.5. The Morgan fingerprint density at radius 2 is 1.89 bits per heavy atom. The van der Waals surface area contributed by atoms with E-state index >= 15 is 0 Å². The summed E-state index contributed by atoms with van der Waals surface area (Å²) in [5.74, 6) is 1.61. The predicted octanol–water partition coefficient (Wildman–Crippen LogP) is 5.18. The maximum Gasteiger partial charge on any atom is 0.252 e. The van der Waals surface area contributed by atoms with Gasteiger partial charge in [0, 0.05) is 24.7 Å². The van der Waals surface area contributed by atoms with E-state index in [0.717, 1.165) is 47.3 Å². The number of aromatic nitrogens is 5. The minimum atomic E-state index is -0.0875. The van der Waals surface area contributed by atoms with E-state index in [2.05, 4.69) is 61.3 Å². The fraction of sp³-hybridized carbons (Fsp3) is 0.429. The average molecular weight is 487 g/mol. The molecule has 0 spiro atoms. The zero-order chi connectivity index (χ0) is 24.9. The Labute approximate surface area is 211 Å². The van der Waals surface area contributed by atoms with Crippen LogP contribution in [-0.2, 0) is 13.1 Å². The first-order chi connectivity index (χ1) is 17.7. The van der Waals surface area contributed by atoms with E-state index in [1.165, 1.54) is 24.8 Å². The van der Waals surface area contributed by atoms with Gasteiger partial charge in [-0.1, -0.05) is 56.5 Å². The van der Waals surface area contributed by atoms with Crippen LogP contribution in [0.5, 0.6) is 5.75 Å². The summed E-state index contributed by atoms with van der Waals surface area (Å²) < 4.78 is 7.38. The first-order valence-electron chi connectivity index (χ1n) is 12.9. The van der Waals surface area contributed by atoms with Gasteiger partial charge in [0.1, 0.15) is 5.75 Å². The molecule has 5 rings (SSSR count). The number of ether oxygens (including phenoxy) is 1. The molecule has 1 fully saturated rings. The fourth-order valence-corrected chi connectivity index (χ4v) is 5.39. The van der Waals surface area contributed by atoms with Gasteiger partial charge >= 0.3 is 0 Å². The molecule has 8 heteroatoms. The molecule has 1 aliphatic rings. The van der Waals surface area contributed by atoms with Gasteiger partial charge in [-0.25, -0.2) is 4.68 Å². The molecule has 188 valence electrons. The quantitative estimate of drug-likeness (QED) is 0.351. The van der Waals surface area contributed by atoms with Crippen molar-refractivity contribution in [3.63, 3.8) is 0 Å². The van der Waals surface area contributed by atoms with Gasteiger partial charge in [-0.2, -0.15) is 0 Å². The van der Waals surface area contributed by atoms with Crippen molar-refractivity contribution in [1.29, 1.82) is 0 Å². The van der Waals surface area contributed by atoms with Crippen molar-refractivity contribution in [3.05, 3.63) is 81.9 Å². The molecule has 1 atom stereocenters. The Hall–Kier alpha value is -3.52. The molecule has 2 heterocycles. The van der Waals surface area contributed by atoms with E-state index in [4.69, 9.17) is 4.74 Å². The highest BCUT2D eigenvalue weighted by molar-refractivity contribution is 5.80. The Bertz CT molecular complexity index is 1340. The van der Waals surface area contributed by atoms with Gasteiger partial charge in [-0.05, 0) is 58.8 Å². The fourth-order valence-electron chi connectivity index (χ4n) is 5.39. The van der Waals surface area contributed by atoms with Crippen LogP contribution in [0, 0.1) is 0 Å². The van der Waals surface area contributed by atoms with Crippen LogP contribution in [0.15, 0.2) is 59.4 Å². The van der Waals surface area contributed by atoms with Gasteiger partial charge in [0.2, 0.25) is 0 Å². The number of benzene rings is 2. The van der Waals surface area contributed by atoms with Crippen molar-refractivity contribution in [1.82, 2.24) is 30.1 Å². The molecule has 0 bridgehead atoms. The summed E-state index contributed by atoms with van der Waals surface area (Å²) in [6, 6.07) is 18.4. The van der Waals surface area contributed by atoms with Gasteiger partial charge < -0.3 is 9.72 Å². The molecular weight excluding hydrogens is 452 g/mol. The van der Waals surface area contributed by atoms with Crippen LogP contribution < -0.4 is 10.3 Å². The van der Waals surface area contributed by atoms with Crippen LogP contribution in [0.3, 0.4) is 0 Å². The zero-order valence-corrected chi connectivity index (χ0v) is 21.1. The third-order valence-electron chi connectivity index (χ3n) is 7.30. The first kappa shape index (κ1) is 24.2. The van der Waals surface area contributed by atoms with Crippen molar-refractivity contribution in [2.75, 3.05) is 7.11 Å². The minimum Gasteiger partial charge on any atom is -0.497 e. The molecule has 0 aliphatic heterocycles. The lowest BCUT2D eigenvalue weighted by Gasteiger charge is -2.32. The highest BCUT2D eigenvalue weighted by Gasteiger charge is 2.29. The number of pyridine rings is 1. The van der Waals surface area contributed by atoms with Crippen LogP contribution in [0.1, 0.15) is 74.5 Å². The zero-order valence-electron chi connectivity index (χ0n) is 21.1. The molecular formula is C28H34N6O2. The van der Waals surface area contributed by atoms with Crippen molar-refractivity contribution in [2.45, 2.75) is 70.6 Å². The number of nitrogens with zero attached hydrogens (tertiary/aromatic N) is 5. The molecule has 0 saturated heterocycles. The number of hydrogen-bond donors (Lipinski definition) is 1. The summed E-state index contributed by atoms with van der Waals surface area (Å²) in [5, 5.41) is 14.0. The predicted molar refractivity (Wildman–Crippen MR) is 140 cm³/mol. The molecule has 1 saturated carbocycles. The van der Waals surface area contributed by atoms with E-state index in [-0.39, 0.29) is 11.6 Å². The lowest BCUT2D eigenvalue weighted by atomic mass is 9.95. The summed E-state index contributed by atoms with van der Waals surface area (Å²) in [6.07, 6.45) is 6.77. The first-order valence-corrected chi connectivity index (χ1v) is 12.9. The Kier molecular flexibility index (Phi) is 7.41. The van der Waals surface area contributed by atoms with E-state index in [1.807, 2.05) is 30.3 Å². The molecule has 0 unspecified atom stereocenters. The topological polar surface area (TPSA) is 88.9 Å². The SMILES string of the molecule is CC[C@H](c1nnnn1C1CCCCC1)N(Cc1ccccc1)Cc1cc2ccc(OC)cc2[nH]c1=O. The van der Waals surface area contributed by atoms with Gasteiger partial charge in [-0.3, -0.25) is 9.69 Å². The van der Waals surface area contributed by atoms with Crippen molar-refractivity contribution >= 4 is 10.9 Å². The monoisotopic (exact) mass is 486 g/mol. The van der Waals surface area contributed by atoms with Gasteiger partial charge in [0.15, 0.2) is 5.82 Å². The second-order valence-electron chi connectivity index (χ2n) is 9.66. The van der Waals surface area contributed by atoms with Crippen LogP contribution in [0.4, 0.5) is 0 Å². The number of methoxy groups -OCH3 is 1. The van der Waals surface area contributed by atoms with Crippen molar-refractivity contribution < 1.29 is 4.74 Å². The number of H-pyrrole nitrogens is 1. The van der Waals surface area contributed by atoms with E-state index in [1.54, 1.807) is 7.11 Å². The molecule has 0 amide bonds. The third-order valence-corrected chi connectivity index (χ3v) is 7.30. The van der Waals surface area contributed by atoms with Crippen LogP contribution in [0.2, 0.25) is 0 Å². The van der Waals surface area contributed by atoms with Gasteiger partial charge in [0.05, 0.1) is 24.7 Å². The maximum atomic E-state index is 13.2. The number of aromatic amines is 1. The lowest BCUT2D eigenvalue weighted by molar-refractivity contribution is 0.155. The molecule has 1 N–H and O–H groups in total. The van der Waals surface area contributed by atoms with E-state index in [9.17, 15) is 4.79 Å². The highest BCUT2D eigenvalue weighted by Crippen LogP contribution is 2.32. The summed E-state index contributed by atoms with van der Waals surface area (Å²) in [6.45, 7) is 3.35. The summed E-state index contributed by atoms with van der Waals surface area (Å²) in [4.78, 5) is 18.5. The minimum absolute atomic E-state index is 0.0203. The average Bonchev–Trinajstić information content (AvgIpc) is 3.40. The maximum absolute atomic E-state index is 13.2. The summed E-state index contributed by atoms with van der Waals surface area (Å²) in [5.41, 5.74) is 2.59. The van der Waals surface area contributed by atoms with Crippen LogP contribution in [-0.4, -0.2) is 37.2 Å². The van der Waals surface area contributed by atoms with Crippen molar-refractivity contribution in [2.24, 2.45) is 0 Å². The van der Waals surface area contributed by atoms with Crippen molar-refractivity contribution in [3.8, 4) is 5.75 Å². The van der Waals surface area contributed by atoms with Gasteiger partial charge in [0.25, 0.3) is 5.56 Å². The lowest BCUT2D eigenvalue weighted by Crippen LogP contribution is -2.33. The van der Waals surface area contributed by atoms with Gasteiger partial charge in [-0.15, -0.1) is 5.10 Å². The van der Waals surface area contributed by atoms with Crippen LogP contribution in [0.25, 0.3) is 10.9 Å². The molecule has 2 aromatic carbocycles. The Balaban J connectivity index is 1.51. The second-order valence-corrected chi connectivity index (χ2v) is 9.66. The largest absolute Gasteiger partial charge is 0.497 e. The standard InChI is InChI=1S/C28H34N6O2/c1-3-26(27-30-31-32-34(27)23-12-8-5-9-13-23)33(18-20-10-6-4-7-11-20)19-22-16-21-14-15-24(36-2)17-25(21)29-28(22)35/h4,6-7,10-11,14-17,23,26H,3,5,8-9,12-13,18-19H2,1-2H3,(H,29,35)/t26-/m1/s1. The summed E-state index contributed by atoms with van der Waals surface area (Å²) in [7, 11) is 1.63. The molecule has 0 radical (unpaired) electrons. The molecule has 36 heavy (non-hydrogen) atoms. The molecule has 8 nitrogen and oxygen atoms in total. The molecule has 4 aromatic rings. The van der Waals surface area contributed by atoms with E-state index < -0.39 is 0 Å². The number of nitrogens with one attached hydrogen (secondary N) is 1. The number of rotatable bonds is 9. The normalized spacial score (nSPS) is 15.4. The number of fused-ring (bicyclic) bond motifs is 1. The Morgan fingerprint density at radius 1 is 1.08 bits per heavy atom. The number of tetrazole rings is 1. The second kappa shape index (κ2) is 11.0. The van der Waals surface area contributed by atoms with Crippen LogP contribution >= 0.6 is 0 Å².